The van der Waals surface area contributed by atoms with Gasteiger partial charge in [-0.3, -0.25) is 0 Å². The fraction of sp³-hybridized carbons (Fsp3) is 0.394. The molecule has 4 aromatic rings. The number of anilines is 2. The lowest BCUT2D eigenvalue weighted by molar-refractivity contribution is -0.161. The number of ether oxygens (including phenoxy) is 3. The Hall–Kier alpha value is -3.21. The van der Waals surface area contributed by atoms with Crippen LogP contribution in [0.5, 0.6) is 5.75 Å². The fourth-order valence-corrected chi connectivity index (χ4v) is 6.52. The number of halogens is 3. The Bertz CT molecular complexity index is 1650. The van der Waals surface area contributed by atoms with Crippen LogP contribution < -0.4 is 20.2 Å². The van der Waals surface area contributed by atoms with E-state index in [1.54, 1.807) is 29.1 Å². The Labute approximate surface area is 277 Å². The van der Waals surface area contributed by atoms with E-state index in [9.17, 15) is 4.79 Å². The van der Waals surface area contributed by atoms with Crippen molar-refractivity contribution in [3.05, 3.63) is 99.2 Å². The van der Waals surface area contributed by atoms with Crippen molar-refractivity contribution in [3.63, 3.8) is 0 Å². The Balaban J connectivity index is 0.998. The summed E-state index contributed by atoms with van der Waals surface area (Å²) in [5.41, 5.74) is 3.63. The van der Waals surface area contributed by atoms with Gasteiger partial charge in [0.2, 0.25) is 5.79 Å². The third kappa shape index (κ3) is 6.69. The first-order chi connectivity index (χ1) is 21.8. The number of hydrogen-bond donors (Lipinski definition) is 0. The Morgan fingerprint density at radius 2 is 1.58 bits per heavy atom. The number of benzene rings is 3. The highest BCUT2D eigenvalue weighted by atomic mass is 35.5. The first-order valence-electron chi connectivity index (χ1n) is 15.1. The van der Waals surface area contributed by atoms with E-state index < -0.39 is 5.79 Å². The molecule has 2 aliphatic heterocycles. The van der Waals surface area contributed by atoms with Crippen molar-refractivity contribution < 1.29 is 14.2 Å². The number of piperazine rings is 1. The highest BCUT2D eigenvalue weighted by Crippen LogP contribution is 2.40. The van der Waals surface area contributed by atoms with E-state index in [0.29, 0.717) is 28.8 Å². The molecule has 2 fully saturated rings. The van der Waals surface area contributed by atoms with Crippen molar-refractivity contribution in [1.29, 1.82) is 0 Å². The van der Waals surface area contributed by atoms with E-state index in [4.69, 9.17) is 49.0 Å². The van der Waals surface area contributed by atoms with Crippen LogP contribution in [0.25, 0.3) is 5.69 Å². The summed E-state index contributed by atoms with van der Waals surface area (Å²) in [6, 6.07) is 21.5. The molecule has 0 spiro atoms. The molecule has 3 atom stereocenters. The summed E-state index contributed by atoms with van der Waals surface area (Å²) in [5, 5.41) is 5.26. The molecular weight excluding hydrogens is 637 g/mol. The van der Waals surface area contributed by atoms with Gasteiger partial charge in [0.1, 0.15) is 24.8 Å². The minimum atomic E-state index is -1.14. The van der Waals surface area contributed by atoms with Crippen LogP contribution in [-0.4, -0.2) is 65.7 Å². The average Bonchev–Trinajstić information content (AvgIpc) is 3.68. The van der Waals surface area contributed by atoms with E-state index in [-0.39, 0.29) is 23.7 Å². The second-order valence-corrected chi connectivity index (χ2v) is 12.5. The smallest absolute Gasteiger partial charge is 0.350 e. The van der Waals surface area contributed by atoms with Gasteiger partial charge in [-0.05, 0) is 74.0 Å². The predicted molar refractivity (Wildman–Crippen MR) is 179 cm³/mol. The summed E-state index contributed by atoms with van der Waals surface area (Å²) in [4.78, 5) is 17.5. The van der Waals surface area contributed by atoms with Gasteiger partial charge in [0, 0.05) is 48.1 Å². The van der Waals surface area contributed by atoms with E-state index in [1.165, 1.54) is 4.68 Å². The first-order valence-corrected chi connectivity index (χ1v) is 16.4. The largest absolute Gasteiger partial charge is 0.491 e. The lowest BCUT2D eigenvalue weighted by Gasteiger charge is -2.37. The van der Waals surface area contributed by atoms with Crippen LogP contribution >= 0.6 is 34.8 Å². The van der Waals surface area contributed by atoms with Gasteiger partial charge in [-0.1, -0.05) is 36.2 Å². The fourth-order valence-electron chi connectivity index (χ4n) is 5.69. The molecule has 3 heterocycles. The van der Waals surface area contributed by atoms with Crippen LogP contribution in [0.1, 0.15) is 31.9 Å². The summed E-state index contributed by atoms with van der Waals surface area (Å²) in [5.74, 6) is -0.297. The van der Waals surface area contributed by atoms with Crippen molar-refractivity contribution >= 4 is 46.2 Å². The van der Waals surface area contributed by atoms with Crippen LogP contribution in [0.15, 0.2) is 77.9 Å². The molecule has 0 bridgehead atoms. The summed E-state index contributed by atoms with van der Waals surface area (Å²) < 4.78 is 21.4. The topological polar surface area (TPSA) is 74.0 Å². The lowest BCUT2D eigenvalue weighted by Crippen LogP contribution is -2.46. The molecule has 1 aromatic heterocycles. The molecule has 6 rings (SSSR count). The second-order valence-electron chi connectivity index (χ2n) is 11.3. The molecule has 3 aromatic carbocycles. The standard InChI is InChI=1S/C33H36Cl3N5O4/c1-3-23(2)41-32(42)40(22-37-41)27-7-5-25(6-8-27)38-14-16-39(17-15-38)26-9-11-28(12-10-26)43-19-29-20-44-33(21-34,45-29)30-13-4-24(35)18-31(30)36/h4-13,18,22-23,29H,3,14-17,19-21H2,1-2H3/t23?,29-,33-/m1/s1. The molecule has 0 radical (unpaired) electrons. The van der Waals surface area contributed by atoms with Gasteiger partial charge in [0.15, 0.2) is 0 Å². The molecule has 2 aliphatic rings. The SMILES string of the molecule is CCC(C)n1ncn(-c2ccc(N3CCN(c4ccc(OC[C@@H]5CO[C@@](CCl)(c6ccc(Cl)cc6Cl)O5)cc4)CC3)cc2)c1=O. The summed E-state index contributed by atoms with van der Waals surface area (Å²) >= 11 is 18.7. The second kappa shape index (κ2) is 13.6. The quantitative estimate of drug-likeness (QED) is 0.178. The van der Waals surface area contributed by atoms with Crippen molar-refractivity contribution in [3.8, 4) is 11.4 Å². The lowest BCUT2D eigenvalue weighted by atomic mass is 10.1. The normalized spacial score (nSPS) is 20.9. The Kier molecular flexibility index (Phi) is 9.63. The maximum absolute atomic E-state index is 12.8. The number of hydrogen-bond acceptors (Lipinski definition) is 7. The zero-order valence-electron chi connectivity index (χ0n) is 25.2. The highest BCUT2D eigenvalue weighted by Gasteiger charge is 2.44. The molecule has 0 amide bonds. The first kappa shape index (κ1) is 31.8. The zero-order valence-corrected chi connectivity index (χ0v) is 27.5. The minimum Gasteiger partial charge on any atom is -0.491 e. The van der Waals surface area contributed by atoms with Gasteiger partial charge in [0.05, 0.1) is 29.2 Å². The minimum absolute atomic E-state index is 0.0683. The van der Waals surface area contributed by atoms with Crippen LogP contribution in [0.3, 0.4) is 0 Å². The third-order valence-corrected chi connectivity index (χ3v) is 9.39. The van der Waals surface area contributed by atoms with E-state index in [0.717, 1.165) is 55.4 Å². The van der Waals surface area contributed by atoms with Gasteiger partial charge >= 0.3 is 5.69 Å². The van der Waals surface area contributed by atoms with Crippen molar-refractivity contribution in [1.82, 2.24) is 14.3 Å². The van der Waals surface area contributed by atoms with Gasteiger partial charge < -0.3 is 24.0 Å². The van der Waals surface area contributed by atoms with Crippen molar-refractivity contribution in [2.75, 3.05) is 55.1 Å². The highest BCUT2D eigenvalue weighted by molar-refractivity contribution is 6.35. The van der Waals surface area contributed by atoms with Crippen LogP contribution in [0.4, 0.5) is 11.4 Å². The summed E-state index contributed by atoms with van der Waals surface area (Å²) in [7, 11) is 0. The van der Waals surface area contributed by atoms with Gasteiger partial charge in [-0.15, -0.1) is 11.6 Å². The molecular formula is C33H36Cl3N5O4. The summed E-state index contributed by atoms with van der Waals surface area (Å²) in [6.45, 7) is 8.26. The number of rotatable bonds is 10. The zero-order chi connectivity index (χ0) is 31.6. The number of aromatic nitrogens is 3. The van der Waals surface area contributed by atoms with Crippen LogP contribution in [0, 0.1) is 0 Å². The Morgan fingerprint density at radius 3 is 2.18 bits per heavy atom. The van der Waals surface area contributed by atoms with Crippen molar-refractivity contribution in [2.24, 2.45) is 0 Å². The van der Waals surface area contributed by atoms with E-state index in [2.05, 4.69) is 39.2 Å². The van der Waals surface area contributed by atoms with E-state index >= 15 is 0 Å². The molecule has 0 N–H and O–H groups in total. The van der Waals surface area contributed by atoms with E-state index in [1.807, 2.05) is 38.1 Å². The van der Waals surface area contributed by atoms with Crippen LogP contribution in [-0.2, 0) is 15.3 Å². The molecule has 9 nitrogen and oxygen atoms in total. The maximum atomic E-state index is 12.8. The molecule has 238 valence electrons. The van der Waals surface area contributed by atoms with Gasteiger partial charge in [-0.2, -0.15) is 5.10 Å². The molecule has 2 saturated heterocycles. The predicted octanol–water partition coefficient (Wildman–Crippen LogP) is 6.52. The monoisotopic (exact) mass is 671 g/mol. The maximum Gasteiger partial charge on any atom is 0.350 e. The molecule has 0 aliphatic carbocycles. The number of alkyl halides is 1. The molecule has 12 heteroatoms. The van der Waals surface area contributed by atoms with Gasteiger partial charge in [0.25, 0.3) is 0 Å². The molecule has 0 saturated carbocycles. The average molecular weight is 673 g/mol. The molecule has 1 unspecified atom stereocenters. The Morgan fingerprint density at radius 1 is 0.956 bits per heavy atom. The van der Waals surface area contributed by atoms with Crippen molar-refractivity contribution in [2.45, 2.75) is 38.2 Å². The van der Waals surface area contributed by atoms with Crippen LogP contribution in [0.2, 0.25) is 10.0 Å². The third-order valence-electron chi connectivity index (χ3n) is 8.49. The molecule has 45 heavy (non-hydrogen) atoms. The van der Waals surface area contributed by atoms with Gasteiger partial charge in [-0.25, -0.2) is 14.0 Å². The summed E-state index contributed by atoms with van der Waals surface area (Å²) in [6.07, 6.45) is 2.14. The number of nitrogens with zero attached hydrogens (tertiary/aromatic N) is 5.